The summed E-state index contributed by atoms with van der Waals surface area (Å²) in [6.45, 7) is 3.12. The van der Waals surface area contributed by atoms with Crippen molar-refractivity contribution >= 4 is 27.9 Å². The molecule has 100 valence electrons. The summed E-state index contributed by atoms with van der Waals surface area (Å²) in [7, 11) is 0. The number of rotatable bonds is 1. The summed E-state index contributed by atoms with van der Waals surface area (Å²) in [4.78, 5) is 24.2. The van der Waals surface area contributed by atoms with E-state index in [4.69, 9.17) is 9.47 Å². The molecule has 0 bridgehead atoms. The smallest absolute Gasteiger partial charge is 0.327 e. The van der Waals surface area contributed by atoms with Gasteiger partial charge in [0.15, 0.2) is 5.41 Å². The first kappa shape index (κ1) is 12.7. The quantitative estimate of drug-likeness (QED) is 0.588. The van der Waals surface area contributed by atoms with Crippen LogP contribution < -0.4 is 0 Å². The third-order valence-electron chi connectivity index (χ3n) is 3.64. The third kappa shape index (κ3) is 1.87. The summed E-state index contributed by atoms with van der Waals surface area (Å²) in [5.74, 6) is -2.24. The number of hydrogen-bond donors (Lipinski definition) is 0. The van der Waals surface area contributed by atoms with Crippen LogP contribution in [0, 0.1) is 5.41 Å². The van der Waals surface area contributed by atoms with Gasteiger partial charge in [0.25, 0.3) is 5.79 Å². The Morgan fingerprint density at radius 1 is 1.11 bits per heavy atom. The first-order valence-corrected chi connectivity index (χ1v) is 6.87. The highest BCUT2D eigenvalue weighted by Gasteiger charge is 2.72. The summed E-state index contributed by atoms with van der Waals surface area (Å²) in [5.41, 5.74) is -0.166. The minimum atomic E-state index is -1.16. The molecule has 1 spiro atoms. The molecule has 3 rings (SSSR count). The Bertz CT molecular complexity index is 541. The molecule has 2 fully saturated rings. The minimum absolute atomic E-state index is 0.142. The van der Waals surface area contributed by atoms with E-state index in [2.05, 4.69) is 15.9 Å². The van der Waals surface area contributed by atoms with Crippen molar-refractivity contribution in [3.63, 3.8) is 0 Å². The number of cyclic esters (lactones) is 2. The molecular formula is C14H13BrO4. The molecule has 1 aliphatic carbocycles. The van der Waals surface area contributed by atoms with Crippen molar-refractivity contribution in [3.05, 3.63) is 34.3 Å². The van der Waals surface area contributed by atoms with E-state index >= 15 is 0 Å². The maximum absolute atomic E-state index is 12.1. The number of benzene rings is 1. The molecule has 0 radical (unpaired) electrons. The molecule has 4 nitrogen and oxygen atoms in total. The van der Waals surface area contributed by atoms with Gasteiger partial charge in [0.2, 0.25) is 0 Å². The average Bonchev–Trinajstić information content (AvgIpc) is 3.03. The van der Waals surface area contributed by atoms with E-state index in [1.807, 2.05) is 24.3 Å². The van der Waals surface area contributed by atoms with Gasteiger partial charge in [-0.3, -0.25) is 9.59 Å². The van der Waals surface area contributed by atoms with Crippen LogP contribution >= 0.6 is 15.9 Å². The summed E-state index contributed by atoms with van der Waals surface area (Å²) in [6.07, 6.45) is 0.461. The molecule has 1 saturated heterocycles. The van der Waals surface area contributed by atoms with Crippen molar-refractivity contribution in [3.8, 4) is 0 Å². The Morgan fingerprint density at radius 3 is 2.16 bits per heavy atom. The molecule has 1 heterocycles. The summed E-state index contributed by atoms with van der Waals surface area (Å²) >= 11 is 3.36. The monoisotopic (exact) mass is 324 g/mol. The molecular weight excluding hydrogens is 312 g/mol. The maximum Gasteiger partial charge on any atom is 0.327 e. The standard InChI is InChI=1S/C14H13BrO4/c1-13(2)18-11(16)14(12(17)19-13)7-10(14)8-3-5-9(15)6-4-8/h3-6,10H,7H2,1-2H3/t10-/m0/s1. The molecule has 1 aromatic carbocycles. The van der Waals surface area contributed by atoms with Gasteiger partial charge < -0.3 is 9.47 Å². The van der Waals surface area contributed by atoms with Crippen LogP contribution in [0.1, 0.15) is 31.7 Å². The van der Waals surface area contributed by atoms with Gasteiger partial charge in [0.05, 0.1) is 0 Å². The Balaban J connectivity index is 1.89. The van der Waals surface area contributed by atoms with Gasteiger partial charge in [0, 0.05) is 24.2 Å². The Morgan fingerprint density at radius 2 is 1.63 bits per heavy atom. The first-order valence-electron chi connectivity index (χ1n) is 6.07. The summed E-state index contributed by atoms with van der Waals surface area (Å²) in [5, 5.41) is 0. The Hall–Kier alpha value is -1.36. The van der Waals surface area contributed by atoms with Crippen LogP contribution in [0.25, 0.3) is 0 Å². The average molecular weight is 325 g/mol. The van der Waals surface area contributed by atoms with Crippen LogP contribution in [0.15, 0.2) is 28.7 Å². The SMILES string of the molecule is CC1(C)OC(=O)C2(C[C@H]2c2ccc(Br)cc2)C(=O)O1. The molecule has 19 heavy (non-hydrogen) atoms. The van der Waals surface area contributed by atoms with E-state index in [0.717, 1.165) is 10.0 Å². The van der Waals surface area contributed by atoms with Crippen LogP contribution in [0.5, 0.6) is 0 Å². The molecule has 0 amide bonds. The van der Waals surface area contributed by atoms with Crippen molar-refractivity contribution in [2.45, 2.75) is 32.0 Å². The second kappa shape index (κ2) is 3.82. The lowest BCUT2D eigenvalue weighted by Gasteiger charge is -2.33. The van der Waals surface area contributed by atoms with E-state index in [1.54, 1.807) is 13.8 Å². The van der Waals surface area contributed by atoms with E-state index in [-0.39, 0.29) is 5.92 Å². The lowest BCUT2D eigenvalue weighted by molar-refractivity contribution is -0.243. The van der Waals surface area contributed by atoms with Crippen molar-refractivity contribution < 1.29 is 19.1 Å². The van der Waals surface area contributed by atoms with Crippen LogP contribution in [-0.2, 0) is 19.1 Å². The van der Waals surface area contributed by atoms with Crippen molar-refractivity contribution in [1.82, 2.24) is 0 Å². The first-order chi connectivity index (χ1) is 8.85. The predicted molar refractivity (Wildman–Crippen MR) is 70.2 cm³/mol. The van der Waals surface area contributed by atoms with Gasteiger partial charge in [-0.15, -0.1) is 0 Å². The summed E-state index contributed by atoms with van der Waals surface area (Å²) < 4.78 is 11.4. The van der Waals surface area contributed by atoms with Gasteiger partial charge in [-0.2, -0.15) is 0 Å². The normalized spacial score (nSPS) is 26.8. The van der Waals surface area contributed by atoms with Gasteiger partial charge in [-0.1, -0.05) is 28.1 Å². The molecule has 1 aromatic rings. The van der Waals surface area contributed by atoms with Gasteiger partial charge in [0.1, 0.15) is 0 Å². The Kier molecular flexibility index (Phi) is 2.55. The molecule has 5 heteroatoms. The fourth-order valence-electron chi connectivity index (χ4n) is 2.54. The van der Waals surface area contributed by atoms with Crippen molar-refractivity contribution in [2.24, 2.45) is 5.41 Å². The van der Waals surface area contributed by atoms with Crippen LogP contribution in [0.2, 0.25) is 0 Å². The second-order valence-electron chi connectivity index (χ2n) is 5.46. The van der Waals surface area contributed by atoms with E-state index in [1.165, 1.54) is 0 Å². The molecule has 0 aromatic heterocycles. The number of halogens is 1. The number of esters is 2. The van der Waals surface area contributed by atoms with Gasteiger partial charge >= 0.3 is 11.9 Å². The fraction of sp³-hybridized carbons (Fsp3) is 0.429. The van der Waals surface area contributed by atoms with Crippen molar-refractivity contribution in [1.29, 1.82) is 0 Å². The van der Waals surface area contributed by atoms with Crippen LogP contribution in [0.3, 0.4) is 0 Å². The lowest BCUT2D eigenvalue weighted by atomic mass is 9.98. The highest BCUT2D eigenvalue weighted by atomic mass is 79.9. The van der Waals surface area contributed by atoms with E-state index < -0.39 is 23.1 Å². The minimum Gasteiger partial charge on any atom is -0.422 e. The third-order valence-corrected chi connectivity index (χ3v) is 4.17. The Labute approximate surface area is 119 Å². The van der Waals surface area contributed by atoms with Crippen molar-refractivity contribution in [2.75, 3.05) is 0 Å². The number of carbonyl (C=O) groups is 2. The second-order valence-corrected chi connectivity index (χ2v) is 6.37. The van der Waals surface area contributed by atoms with Crippen LogP contribution in [0.4, 0.5) is 0 Å². The maximum atomic E-state index is 12.1. The molecule has 1 atom stereocenters. The topological polar surface area (TPSA) is 52.6 Å². The molecule has 1 saturated carbocycles. The van der Waals surface area contributed by atoms with Gasteiger partial charge in [-0.25, -0.2) is 0 Å². The van der Waals surface area contributed by atoms with E-state index in [9.17, 15) is 9.59 Å². The largest absolute Gasteiger partial charge is 0.422 e. The fourth-order valence-corrected chi connectivity index (χ4v) is 2.81. The molecule has 1 aliphatic heterocycles. The molecule has 0 N–H and O–H groups in total. The zero-order chi connectivity index (χ0) is 13.8. The lowest BCUT2D eigenvalue weighted by Crippen LogP contribution is -2.48. The number of hydrogen-bond acceptors (Lipinski definition) is 4. The zero-order valence-electron chi connectivity index (χ0n) is 10.6. The van der Waals surface area contributed by atoms with Crippen LogP contribution in [-0.4, -0.2) is 17.7 Å². The zero-order valence-corrected chi connectivity index (χ0v) is 12.2. The highest BCUT2D eigenvalue weighted by Crippen LogP contribution is 2.62. The number of ether oxygens (including phenoxy) is 2. The molecule has 2 aliphatic rings. The number of carbonyl (C=O) groups excluding carboxylic acids is 2. The predicted octanol–water partition coefficient (Wildman–Crippen LogP) is 2.76. The van der Waals surface area contributed by atoms with E-state index in [0.29, 0.717) is 6.42 Å². The summed E-state index contributed by atoms with van der Waals surface area (Å²) in [6, 6.07) is 7.60. The molecule has 0 unspecified atom stereocenters. The highest BCUT2D eigenvalue weighted by molar-refractivity contribution is 9.10. The van der Waals surface area contributed by atoms with Gasteiger partial charge in [-0.05, 0) is 24.1 Å².